The lowest BCUT2D eigenvalue weighted by molar-refractivity contribution is 0.0696. The van der Waals surface area contributed by atoms with E-state index in [-0.39, 0.29) is 21.4 Å². The number of hydrogen-bond acceptors (Lipinski definition) is 5. The summed E-state index contributed by atoms with van der Waals surface area (Å²) in [7, 11) is -3.92. The van der Waals surface area contributed by atoms with Gasteiger partial charge in [0.1, 0.15) is 4.90 Å². The van der Waals surface area contributed by atoms with E-state index in [4.69, 9.17) is 16.7 Å². The Morgan fingerprint density at radius 1 is 1.29 bits per heavy atom. The van der Waals surface area contributed by atoms with Crippen molar-refractivity contribution in [1.82, 2.24) is 9.97 Å². The van der Waals surface area contributed by atoms with Gasteiger partial charge >= 0.3 is 5.97 Å². The van der Waals surface area contributed by atoms with Gasteiger partial charge in [-0.05, 0) is 36.2 Å². The molecule has 9 heteroatoms. The highest BCUT2D eigenvalue weighted by Gasteiger charge is 2.18. The van der Waals surface area contributed by atoms with Gasteiger partial charge in [0.25, 0.3) is 10.0 Å². The summed E-state index contributed by atoms with van der Waals surface area (Å²) in [5.41, 5.74) is 0.496. The van der Waals surface area contributed by atoms with E-state index in [9.17, 15) is 13.2 Å². The van der Waals surface area contributed by atoms with Gasteiger partial charge in [0, 0.05) is 0 Å². The number of carboxylic acids is 1. The number of carbonyl (C=O) groups is 1. The number of nitrogens with zero attached hydrogens (tertiary/aromatic N) is 2. The number of nitrogens with one attached hydrogen (secondary N) is 1. The summed E-state index contributed by atoms with van der Waals surface area (Å²) in [5, 5.41) is 8.95. The summed E-state index contributed by atoms with van der Waals surface area (Å²) in [6, 6.07) is 4.31. The van der Waals surface area contributed by atoms with Crippen LogP contribution in [0.4, 0.5) is 5.69 Å². The number of aromatic carboxylic acids is 1. The zero-order chi connectivity index (χ0) is 15.6. The van der Waals surface area contributed by atoms with Crippen molar-refractivity contribution < 1.29 is 18.3 Å². The van der Waals surface area contributed by atoms with Crippen molar-refractivity contribution in [2.45, 2.75) is 11.8 Å². The van der Waals surface area contributed by atoms with E-state index >= 15 is 0 Å². The average Bonchev–Trinajstić information content (AvgIpc) is 2.41. The summed E-state index contributed by atoms with van der Waals surface area (Å²) in [5.74, 6) is -1.14. The summed E-state index contributed by atoms with van der Waals surface area (Å²) >= 11 is 5.50. The predicted molar refractivity (Wildman–Crippen MR) is 76.0 cm³/mol. The smallest absolute Gasteiger partial charge is 0.336 e. The normalized spacial score (nSPS) is 11.1. The third-order valence-electron chi connectivity index (χ3n) is 2.72. The quantitative estimate of drug-likeness (QED) is 0.830. The first kappa shape index (κ1) is 15.2. The molecule has 0 aliphatic rings. The van der Waals surface area contributed by atoms with E-state index in [0.717, 1.165) is 12.4 Å². The van der Waals surface area contributed by atoms with Crippen molar-refractivity contribution in [3.63, 3.8) is 0 Å². The Morgan fingerprint density at radius 2 is 1.90 bits per heavy atom. The highest BCUT2D eigenvalue weighted by Crippen LogP contribution is 2.22. The first-order valence-electron chi connectivity index (χ1n) is 5.64. The third-order valence-corrected chi connectivity index (χ3v) is 4.23. The largest absolute Gasteiger partial charge is 0.478 e. The van der Waals surface area contributed by atoms with Gasteiger partial charge in [0.2, 0.25) is 5.28 Å². The molecule has 0 aliphatic carbocycles. The number of aromatic nitrogens is 2. The van der Waals surface area contributed by atoms with Gasteiger partial charge in [0.15, 0.2) is 0 Å². The Labute approximate surface area is 125 Å². The Hall–Kier alpha value is -2.19. The van der Waals surface area contributed by atoms with Crippen molar-refractivity contribution in [2.24, 2.45) is 0 Å². The third kappa shape index (κ3) is 3.29. The second-order valence-electron chi connectivity index (χ2n) is 4.08. The summed E-state index contributed by atoms with van der Waals surface area (Å²) in [6.07, 6.45) is 2.13. The minimum absolute atomic E-state index is 0.0163. The molecule has 0 bridgehead atoms. The lowest BCUT2D eigenvalue weighted by Gasteiger charge is -2.11. The summed E-state index contributed by atoms with van der Waals surface area (Å²) in [6.45, 7) is 1.51. The molecule has 0 saturated carbocycles. The van der Waals surface area contributed by atoms with Crippen LogP contribution >= 0.6 is 11.6 Å². The fourth-order valence-corrected chi connectivity index (χ4v) is 2.73. The molecule has 0 radical (unpaired) electrons. The van der Waals surface area contributed by atoms with Crippen molar-refractivity contribution in [3.05, 3.63) is 47.0 Å². The van der Waals surface area contributed by atoms with E-state index in [1.807, 2.05) is 0 Å². The first-order valence-corrected chi connectivity index (χ1v) is 7.50. The molecule has 1 aromatic carbocycles. The van der Waals surface area contributed by atoms with Crippen LogP contribution in [0, 0.1) is 6.92 Å². The van der Waals surface area contributed by atoms with Crippen LogP contribution in [-0.4, -0.2) is 29.5 Å². The van der Waals surface area contributed by atoms with Crippen molar-refractivity contribution in [2.75, 3.05) is 4.72 Å². The van der Waals surface area contributed by atoms with Gasteiger partial charge in [-0.15, -0.1) is 0 Å². The minimum atomic E-state index is -3.92. The first-order chi connectivity index (χ1) is 9.81. The van der Waals surface area contributed by atoms with Crippen LogP contribution < -0.4 is 4.72 Å². The molecular weight excluding hydrogens is 318 g/mol. The molecule has 0 amide bonds. The number of anilines is 1. The number of halogens is 1. The predicted octanol–water partition coefficient (Wildman–Crippen LogP) is 1.94. The van der Waals surface area contributed by atoms with Crippen LogP contribution in [0.3, 0.4) is 0 Å². The maximum atomic E-state index is 12.2. The molecule has 2 rings (SSSR count). The molecule has 0 saturated heterocycles. The minimum Gasteiger partial charge on any atom is -0.478 e. The SMILES string of the molecule is Cc1c(NS(=O)(=O)c2cnc(Cl)nc2)cccc1C(=O)O. The number of sulfonamides is 1. The highest BCUT2D eigenvalue weighted by molar-refractivity contribution is 7.92. The standard InChI is InChI=1S/C12H10ClN3O4S/c1-7-9(11(17)18)3-2-4-10(7)16-21(19,20)8-5-14-12(13)15-6-8/h2-6,16H,1H3,(H,17,18). The van der Waals surface area contributed by atoms with Crippen molar-refractivity contribution in [3.8, 4) is 0 Å². The molecular formula is C12H10ClN3O4S. The number of rotatable bonds is 4. The molecule has 1 aromatic heterocycles. The Morgan fingerprint density at radius 3 is 2.48 bits per heavy atom. The van der Waals surface area contributed by atoms with Gasteiger partial charge in [-0.1, -0.05) is 6.07 Å². The molecule has 0 fully saturated rings. The second kappa shape index (κ2) is 5.66. The van der Waals surface area contributed by atoms with E-state index in [0.29, 0.717) is 5.56 Å². The molecule has 21 heavy (non-hydrogen) atoms. The molecule has 2 aromatic rings. The zero-order valence-corrected chi connectivity index (χ0v) is 12.3. The molecule has 2 N–H and O–H groups in total. The van der Waals surface area contributed by atoms with Gasteiger partial charge in [-0.2, -0.15) is 0 Å². The maximum absolute atomic E-state index is 12.2. The lowest BCUT2D eigenvalue weighted by atomic mass is 10.1. The Kier molecular flexibility index (Phi) is 4.10. The monoisotopic (exact) mass is 327 g/mol. The van der Waals surface area contributed by atoms with Gasteiger partial charge in [0.05, 0.1) is 23.6 Å². The Balaban J connectivity index is 2.39. The van der Waals surface area contributed by atoms with E-state index < -0.39 is 16.0 Å². The van der Waals surface area contributed by atoms with Crippen LogP contribution in [-0.2, 0) is 10.0 Å². The maximum Gasteiger partial charge on any atom is 0.336 e. The van der Waals surface area contributed by atoms with Gasteiger partial charge < -0.3 is 5.11 Å². The van der Waals surface area contributed by atoms with E-state index in [1.165, 1.54) is 25.1 Å². The highest BCUT2D eigenvalue weighted by atomic mass is 35.5. The van der Waals surface area contributed by atoms with Gasteiger partial charge in [-0.25, -0.2) is 23.2 Å². The van der Waals surface area contributed by atoms with Crippen molar-refractivity contribution in [1.29, 1.82) is 0 Å². The molecule has 0 spiro atoms. The number of carboxylic acid groups (broad SMARTS) is 1. The molecule has 110 valence electrons. The fraction of sp³-hybridized carbons (Fsp3) is 0.0833. The molecule has 0 atom stereocenters. The van der Waals surface area contributed by atoms with Gasteiger partial charge in [-0.3, -0.25) is 4.72 Å². The summed E-state index contributed by atoms with van der Waals surface area (Å²) in [4.78, 5) is 18.1. The van der Waals surface area contributed by atoms with Crippen LogP contribution in [0.5, 0.6) is 0 Å². The number of benzene rings is 1. The Bertz CT molecular complexity index is 791. The zero-order valence-electron chi connectivity index (χ0n) is 10.7. The number of hydrogen-bond donors (Lipinski definition) is 2. The van der Waals surface area contributed by atoms with E-state index in [2.05, 4.69) is 14.7 Å². The molecule has 0 unspecified atom stereocenters. The topological polar surface area (TPSA) is 109 Å². The van der Waals surface area contributed by atoms with Crippen LogP contribution in [0.25, 0.3) is 0 Å². The van der Waals surface area contributed by atoms with E-state index in [1.54, 1.807) is 0 Å². The van der Waals surface area contributed by atoms with Crippen LogP contribution in [0.15, 0.2) is 35.5 Å². The summed E-state index contributed by atoms with van der Waals surface area (Å²) < 4.78 is 26.6. The molecule has 1 heterocycles. The van der Waals surface area contributed by atoms with Crippen molar-refractivity contribution >= 4 is 33.3 Å². The average molecular weight is 328 g/mol. The second-order valence-corrected chi connectivity index (χ2v) is 6.10. The van der Waals surface area contributed by atoms with Crippen LogP contribution in [0.2, 0.25) is 5.28 Å². The van der Waals surface area contributed by atoms with Crippen LogP contribution in [0.1, 0.15) is 15.9 Å². The molecule has 0 aliphatic heterocycles. The lowest BCUT2D eigenvalue weighted by Crippen LogP contribution is -2.15. The molecule has 7 nitrogen and oxygen atoms in total. The fourth-order valence-electron chi connectivity index (χ4n) is 1.62.